The number of fused-ring (bicyclic) bond motifs is 2. The van der Waals surface area contributed by atoms with Crippen LogP contribution in [0.3, 0.4) is 0 Å². The molecule has 2 heteroatoms. The fourth-order valence-electron chi connectivity index (χ4n) is 2.73. The van der Waals surface area contributed by atoms with Gasteiger partial charge in [-0.25, -0.2) is 4.98 Å². The number of hydrogen-bond donors (Lipinski definition) is 0. The van der Waals surface area contributed by atoms with Crippen LogP contribution in [0.15, 0.2) is 72.8 Å². The maximum atomic E-state index is 8.12. The Morgan fingerprint density at radius 1 is 0.762 bits per heavy atom. The number of benzene rings is 3. The molecule has 0 spiro atoms. The topological polar surface area (TPSA) is 12.9 Å². The quantitative estimate of drug-likeness (QED) is 0.409. The lowest BCUT2D eigenvalue weighted by Gasteiger charge is -2.10. The molecule has 4 rings (SSSR count). The van der Waals surface area contributed by atoms with Crippen molar-refractivity contribution in [2.75, 3.05) is 0 Å². The van der Waals surface area contributed by atoms with Gasteiger partial charge in [-0.05, 0) is 22.2 Å². The van der Waals surface area contributed by atoms with Gasteiger partial charge in [0.05, 0.1) is 7.06 Å². The van der Waals surface area contributed by atoms with E-state index >= 15 is 0 Å². The zero-order chi connectivity index (χ0) is 15.1. The van der Waals surface area contributed by atoms with Crippen molar-refractivity contribution in [3.05, 3.63) is 77.9 Å². The lowest BCUT2D eigenvalue weighted by molar-refractivity contribution is 1.36. The number of hydrogen-bond acceptors (Lipinski definition) is 1. The van der Waals surface area contributed by atoms with Crippen LogP contribution in [-0.2, 0) is 0 Å². The molecular formula is C19H12ClN. The summed E-state index contributed by atoms with van der Waals surface area (Å²) in [6.45, 7) is 0. The molecule has 4 aromatic rings. The second-order valence-corrected chi connectivity index (χ2v) is 5.31. The molecule has 0 atom stereocenters. The highest BCUT2D eigenvalue weighted by Crippen LogP contribution is 2.33. The molecule has 0 amide bonds. The van der Waals surface area contributed by atoms with Gasteiger partial charge in [-0.1, -0.05) is 78.3 Å². The van der Waals surface area contributed by atoms with Crippen LogP contribution >= 0.6 is 11.6 Å². The van der Waals surface area contributed by atoms with Crippen molar-refractivity contribution in [2.45, 2.75) is 0 Å². The van der Waals surface area contributed by atoms with Crippen molar-refractivity contribution in [1.82, 2.24) is 4.98 Å². The van der Waals surface area contributed by atoms with Crippen molar-refractivity contribution in [1.29, 1.82) is 0 Å². The SMILES string of the molecule is [2H]c1c(Cl)nc(-c2cccc3ccccc23)c2ccccc12. The second-order valence-electron chi connectivity index (χ2n) is 4.95. The van der Waals surface area contributed by atoms with Gasteiger partial charge in [-0.15, -0.1) is 0 Å². The maximum absolute atomic E-state index is 8.12. The first kappa shape index (κ1) is 11.3. The molecule has 0 radical (unpaired) electrons. The molecular weight excluding hydrogens is 278 g/mol. The second kappa shape index (κ2) is 4.87. The molecule has 0 aliphatic heterocycles. The Hall–Kier alpha value is -2.38. The number of pyridine rings is 1. The van der Waals surface area contributed by atoms with Crippen LogP contribution in [-0.4, -0.2) is 4.98 Å². The highest BCUT2D eigenvalue weighted by molar-refractivity contribution is 6.30. The maximum Gasteiger partial charge on any atom is 0.130 e. The summed E-state index contributed by atoms with van der Waals surface area (Å²) in [4.78, 5) is 4.50. The van der Waals surface area contributed by atoms with E-state index in [0.29, 0.717) is 0 Å². The average molecular weight is 291 g/mol. The third-order valence-electron chi connectivity index (χ3n) is 3.67. The molecule has 1 nitrogen and oxygen atoms in total. The van der Waals surface area contributed by atoms with Crippen LogP contribution in [0.4, 0.5) is 0 Å². The van der Waals surface area contributed by atoms with Gasteiger partial charge in [0.25, 0.3) is 0 Å². The van der Waals surface area contributed by atoms with Crippen LogP contribution < -0.4 is 0 Å². The molecule has 1 aromatic heterocycles. The molecule has 0 unspecified atom stereocenters. The number of rotatable bonds is 1. The minimum Gasteiger partial charge on any atom is -0.235 e. The van der Waals surface area contributed by atoms with Gasteiger partial charge in [0.15, 0.2) is 0 Å². The fourth-order valence-corrected chi connectivity index (χ4v) is 2.92. The van der Waals surface area contributed by atoms with Crippen LogP contribution in [0.2, 0.25) is 5.15 Å². The van der Waals surface area contributed by atoms with E-state index in [0.717, 1.165) is 32.8 Å². The van der Waals surface area contributed by atoms with Gasteiger partial charge in [0.2, 0.25) is 0 Å². The smallest absolute Gasteiger partial charge is 0.130 e. The van der Waals surface area contributed by atoms with Crippen molar-refractivity contribution in [3.8, 4) is 11.3 Å². The Bertz CT molecular complexity index is 1010. The van der Waals surface area contributed by atoms with Gasteiger partial charge in [0.1, 0.15) is 5.15 Å². The third kappa shape index (κ3) is 2.07. The van der Waals surface area contributed by atoms with Crippen LogP contribution in [0.1, 0.15) is 1.37 Å². The van der Waals surface area contributed by atoms with E-state index in [9.17, 15) is 0 Å². The molecule has 0 aliphatic rings. The summed E-state index contributed by atoms with van der Waals surface area (Å²) >= 11 is 6.20. The molecule has 0 saturated heterocycles. The van der Waals surface area contributed by atoms with Gasteiger partial charge in [-0.2, -0.15) is 0 Å². The first-order chi connectivity index (χ1) is 10.8. The summed E-state index contributed by atoms with van der Waals surface area (Å²) in [5, 5.41) is 4.31. The van der Waals surface area contributed by atoms with Gasteiger partial charge in [-0.3, -0.25) is 0 Å². The predicted octanol–water partition coefficient (Wildman–Crippen LogP) is 5.71. The molecule has 0 N–H and O–H groups in total. The van der Waals surface area contributed by atoms with E-state index in [1.165, 1.54) is 0 Å². The summed E-state index contributed by atoms with van der Waals surface area (Å²) in [7, 11) is 0. The molecule has 1 heterocycles. The van der Waals surface area contributed by atoms with Crippen molar-refractivity contribution in [3.63, 3.8) is 0 Å². The molecule has 0 aliphatic carbocycles. The highest BCUT2D eigenvalue weighted by atomic mass is 35.5. The molecule has 3 aromatic carbocycles. The standard InChI is InChI=1S/C19H12ClN/c20-18-12-14-7-2-4-10-16(14)19(21-18)17-11-5-8-13-6-1-3-9-15(13)17/h1-12H/i12D. The van der Waals surface area contributed by atoms with E-state index in [-0.39, 0.29) is 11.2 Å². The number of nitrogens with zero attached hydrogens (tertiary/aromatic N) is 1. The largest absolute Gasteiger partial charge is 0.235 e. The van der Waals surface area contributed by atoms with E-state index in [1.54, 1.807) is 0 Å². The number of halogens is 1. The minimum absolute atomic E-state index is 0.238. The van der Waals surface area contributed by atoms with E-state index in [2.05, 4.69) is 29.2 Å². The van der Waals surface area contributed by atoms with Gasteiger partial charge in [0, 0.05) is 10.9 Å². The molecule has 100 valence electrons. The van der Waals surface area contributed by atoms with E-state index < -0.39 is 0 Å². The molecule has 0 fully saturated rings. The summed E-state index contributed by atoms with van der Waals surface area (Å²) in [6.07, 6.45) is 0. The Kier molecular flexibility index (Phi) is 2.62. The van der Waals surface area contributed by atoms with Crippen molar-refractivity contribution in [2.24, 2.45) is 0 Å². The summed E-state index contributed by atoms with van der Waals surface area (Å²) in [5.74, 6) is 0. The van der Waals surface area contributed by atoms with Crippen molar-refractivity contribution < 1.29 is 1.37 Å². The van der Waals surface area contributed by atoms with E-state index in [1.807, 2.05) is 42.5 Å². The van der Waals surface area contributed by atoms with Crippen LogP contribution in [0.5, 0.6) is 0 Å². The highest BCUT2D eigenvalue weighted by Gasteiger charge is 2.10. The van der Waals surface area contributed by atoms with Crippen molar-refractivity contribution >= 4 is 33.1 Å². The Labute approximate surface area is 129 Å². The Morgan fingerprint density at radius 2 is 1.43 bits per heavy atom. The predicted molar refractivity (Wildman–Crippen MR) is 89.7 cm³/mol. The zero-order valence-corrected chi connectivity index (χ0v) is 11.9. The summed E-state index contributed by atoms with van der Waals surface area (Å²) < 4.78 is 8.12. The van der Waals surface area contributed by atoms with Gasteiger partial charge >= 0.3 is 0 Å². The third-order valence-corrected chi connectivity index (χ3v) is 3.85. The van der Waals surface area contributed by atoms with Gasteiger partial charge < -0.3 is 0 Å². The Balaban J connectivity index is 2.16. The molecule has 0 saturated carbocycles. The lowest BCUT2D eigenvalue weighted by Crippen LogP contribution is -1.89. The van der Waals surface area contributed by atoms with Crippen LogP contribution in [0.25, 0.3) is 32.8 Å². The lowest BCUT2D eigenvalue weighted by atomic mass is 9.98. The monoisotopic (exact) mass is 290 g/mol. The first-order valence-corrected chi connectivity index (χ1v) is 7.16. The molecule has 21 heavy (non-hydrogen) atoms. The normalized spacial score (nSPS) is 11.8. The average Bonchev–Trinajstić information content (AvgIpc) is 2.58. The summed E-state index contributed by atoms with van der Waals surface area (Å²) in [5.41, 5.74) is 1.87. The molecule has 0 bridgehead atoms. The zero-order valence-electron chi connectivity index (χ0n) is 12.2. The Morgan fingerprint density at radius 3 is 2.29 bits per heavy atom. The minimum atomic E-state index is 0.238. The first-order valence-electron chi connectivity index (χ1n) is 7.28. The van der Waals surface area contributed by atoms with E-state index in [4.69, 9.17) is 13.0 Å². The summed E-state index contributed by atoms with van der Waals surface area (Å²) in [6, 6.07) is 22.5. The fraction of sp³-hybridized carbons (Fsp3) is 0. The van der Waals surface area contributed by atoms with Crippen LogP contribution in [0, 0.1) is 0 Å². The number of aromatic nitrogens is 1.